The highest BCUT2D eigenvalue weighted by molar-refractivity contribution is 8.26. The van der Waals surface area contributed by atoms with E-state index < -0.39 is 30.3 Å². The van der Waals surface area contributed by atoms with E-state index in [0.717, 1.165) is 16.7 Å². The summed E-state index contributed by atoms with van der Waals surface area (Å²) in [7, 11) is 0. The normalized spacial score (nSPS) is 16.4. The summed E-state index contributed by atoms with van der Waals surface area (Å²) in [4.78, 5) is 35.7. The molecule has 0 aliphatic carbocycles. The van der Waals surface area contributed by atoms with E-state index >= 15 is 0 Å². The number of carbonyl (C=O) groups excluding carboxylic acids is 3. The second-order valence-electron chi connectivity index (χ2n) is 5.47. The molecule has 0 unspecified atom stereocenters. The fourth-order valence-electron chi connectivity index (χ4n) is 2.32. The maximum atomic E-state index is 12.6. The lowest BCUT2D eigenvalue weighted by Gasteiger charge is -2.27. The number of carboxylic acids is 2. The van der Waals surface area contributed by atoms with Crippen molar-refractivity contribution < 1.29 is 29.3 Å². The first-order valence-electron chi connectivity index (χ1n) is 7.85. The zero-order valence-corrected chi connectivity index (χ0v) is 15.7. The van der Waals surface area contributed by atoms with Gasteiger partial charge >= 0.3 is 0 Å². The molecular formula is C18H15NO6S2-2. The van der Waals surface area contributed by atoms with Gasteiger partial charge in [0.15, 0.2) is 0 Å². The Morgan fingerprint density at radius 2 is 1.96 bits per heavy atom. The second kappa shape index (κ2) is 9.33. The lowest BCUT2D eigenvalue weighted by molar-refractivity contribution is -0.311. The standard InChI is InChI=1S/C18H17NO6S2/c1-2-9-25-12-5-3-11(4-6-12)10-14-16(22)19(18(26)27-14)13(17(23)24)7-8-15(20)21/h2-6,10,13H,1,7-9H2,(H,20,21)(H,23,24)/p-2/b14-10-/t13-/m0/s1. The van der Waals surface area contributed by atoms with E-state index in [-0.39, 0.29) is 15.6 Å². The van der Waals surface area contributed by atoms with Crippen LogP contribution in [0.5, 0.6) is 5.75 Å². The fourth-order valence-corrected chi connectivity index (χ4v) is 3.68. The van der Waals surface area contributed by atoms with E-state index in [1.807, 2.05) is 0 Å². The highest BCUT2D eigenvalue weighted by atomic mass is 32.2. The predicted molar refractivity (Wildman–Crippen MR) is 100 cm³/mol. The molecule has 27 heavy (non-hydrogen) atoms. The van der Waals surface area contributed by atoms with E-state index in [1.165, 1.54) is 0 Å². The minimum atomic E-state index is -1.57. The highest BCUT2D eigenvalue weighted by Gasteiger charge is 2.37. The van der Waals surface area contributed by atoms with Gasteiger partial charge in [-0.25, -0.2) is 0 Å². The van der Waals surface area contributed by atoms with Gasteiger partial charge in [0.25, 0.3) is 5.91 Å². The average molecular weight is 405 g/mol. The van der Waals surface area contributed by atoms with Crippen LogP contribution in [0.15, 0.2) is 41.8 Å². The van der Waals surface area contributed by atoms with Crippen LogP contribution in [0.1, 0.15) is 18.4 Å². The molecule has 1 amide bonds. The fraction of sp³-hybridized carbons (Fsp3) is 0.222. The monoisotopic (exact) mass is 405 g/mol. The van der Waals surface area contributed by atoms with Gasteiger partial charge in [-0.1, -0.05) is 48.8 Å². The zero-order chi connectivity index (χ0) is 20.0. The molecule has 0 saturated carbocycles. The molecular weight excluding hydrogens is 390 g/mol. The van der Waals surface area contributed by atoms with E-state index in [9.17, 15) is 24.6 Å². The van der Waals surface area contributed by atoms with Crippen LogP contribution >= 0.6 is 24.0 Å². The second-order valence-corrected chi connectivity index (χ2v) is 7.14. The Morgan fingerprint density at radius 3 is 2.52 bits per heavy atom. The molecule has 9 heteroatoms. The molecule has 1 heterocycles. The minimum absolute atomic E-state index is 0.0322. The molecule has 7 nitrogen and oxygen atoms in total. The Hall–Kier alpha value is -2.65. The quantitative estimate of drug-likeness (QED) is 0.323. The third kappa shape index (κ3) is 5.41. The van der Waals surface area contributed by atoms with E-state index in [0.29, 0.717) is 17.9 Å². The first kappa shape index (κ1) is 20.7. The van der Waals surface area contributed by atoms with Crippen LogP contribution in [-0.4, -0.2) is 39.7 Å². The Kier molecular flexibility index (Phi) is 7.14. The Bertz CT molecular complexity index is 803. The van der Waals surface area contributed by atoms with E-state index in [1.54, 1.807) is 36.4 Å². The van der Waals surface area contributed by atoms with Crippen molar-refractivity contribution in [3.63, 3.8) is 0 Å². The number of carbonyl (C=O) groups is 3. The van der Waals surface area contributed by atoms with Crippen molar-refractivity contribution in [2.24, 2.45) is 0 Å². The number of hydrogen-bond donors (Lipinski definition) is 0. The van der Waals surface area contributed by atoms with Crippen LogP contribution in [0, 0.1) is 0 Å². The topological polar surface area (TPSA) is 110 Å². The number of aliphatic carboxylic acids is 2. The number of rotatable bonds is 9. The molecule has 0 spiro atoms. The maximum absolute atomic E-state index is 12.6. The van der Waals surface area contributed by atoms with Crippen molar-refractivity contribution in [2.75, 3.05) is 6.61 Å². The van der Waals surface area contributed by atoms with Crippen LogP contribution in [0.3, 0.4) is 0 Å². The number of thioether (sulfide) groups is 1. The first-order valence-corrected chi connectivity index (χ1v) is 9.07. The van der Waals surface area contributed by atoms with Gasteiger partial charge in [0, 0.05) is 5.97 Å². The highest BCUT2D eigenvalue weighted by Crippen LogP contribution is 2.34. The lowest BCUT2D eigenvalue weighted by Crippen LogP contribution is -2.50. The van der Waals surface area contributed by atoms with Gasteiger partial charge in [-0.3, -0.25) is 9.69 Å². The largest absolute Gasteiger partial charge is 0.550 e. The summed E-state index contributed by atoms with van der Waals surface area (Å²) in [6.45, 7) is 3.93. The molecule has 1 aliphatic rings. The molecule has 2 rings (SSSR count). The SMILES string of the molecule is C=CCOc1ccc(/C=C2\SC(=S)N([C@@H](CCC(=O)[O-])C(=O)[O-])C2=O)cc1. The Labute approximate surface area is 165 Å². The maximum Gasteiger partial charge on any atom is 0.266 e. The summed E-state index contributed by atoms with van der Waals surface area (Å²) in [5.74, 6) is -2.96. The van der Waals surface area contributed by atoms with Crippen LogP contribution in [0.2, 0.25) is 0 Å². The van der Waals surface area contributed by atoms with Gasteiger partial charge in [0.05, 0.1) is 16.9 Å². The summed E-state index contributed by atoms with van der Waals surface area (Å²) in [5.41, 5.74) is 0.696. The van der Waals surface area contributed by atoms with Gasteiger partial charge in [0.2, 0.25) is 0 Å². The number of nitrogens with zero attached hydrogens (tertiary/aromatic N) is 1. The molecule has 0 bridgehead atoms. The molecule has 0 radical (unpaired) electrons. The molecule has 1 aliphatic heterocycles. The van der Waals surface area contributed by atoms with Crippen molar-refractivity contribution in [3.05, 3.63) is 47.4 Å². The first-order chi connectivity index (χ1) is 12.8. The third-order valence-corrected chi connectivity index (χ3v) is 4.91. The van der Waals surface area contributed by atoms with E-state index in [2.05, 4.69) is 6.58 Å². The Morgan fingerprint density at radius 1 is 1.30 bits per heavy atom. The number of carboxylic acid groups (broad SMARTS) is 2. The molecule has 0 N–H and O–H groups in total. The van der Waals surface area contributed by atoms with Crippen LogP contribution in [0.25, 0.3) is 6.08 Å². The summed E-state index contributed by atoms with van der Waals surface area (Å²) in [5, 5.41) is 22.0. The van der Waals surface area contributed by atoms with Crippen molar-refractivity contribution in [2.45, 2.75) is 18.9 Å². The number of amides is 1. The molecule has 1 fully saturated rings. The molecule has 142 valence electrons. The van der Waals surface area contributed by atoms with Crippen molar-refractivity contribution in [1.82, 2.24) is 4.90 Å². The third-order valence-electron chi connectivity index (χ3n) is 3.57. The number of benzene rings is 1. The van der Waals surface area contributed by atoms with E-state index in [4.69, 9.17) is 17.0 Å². The molecule has 1 aromatic carbocycles. The summed E-state index contributed by atoms with van der Waals surface area (Å²) >= 11 is 6.04. The lowest BCUT2D eigenvalue weighted by atomic mass is 10.1. The van der Waals surface area contributed by atoms with Gasteiger partial charge < -0.3 is 24.5 Å². The van der Waals surface area contributed by atoms with Crippen LogP contribution in [-0.2, 0) is 14.4 Å². The van der Waals surface area contributed by atoms with Gasteiger partial charge in [0.1, 0.15) is 16.7 Å². The zero-order valence-electron chi connectivity index (χ0n) is 14.1. The average Bonchev–Trinajstić information content (AvgIpc) is 2.88. The van der Waals surface area contributed by atoms with Crippen molar-refractivity contribution >= 4 is 52.2 Å². The number of ether oxygens (including phenoxy) is 1. The van der Waals surface area contributed by atoms with Crippen molar-refractivity contribution in [1.29, 1.82) is 0 Å². The number of hydrogen-bond acceptors (Lipinski definition) is 8. The van der Waals surface area contributed by atoms with Gasteiger partial charge in [-0.05, 0) is 36.6 Å². The van der Waals surface area contributed by atoms with Crippen LogP contribution < -0.4 is 14.9 Å². The summed E-state index contributed by atoms with van der Waals surface area (Å²) in [6, 6.07) is 5.45. The molecule has 1 saturated heterocycles. The number of thiocarbonyl (C=S) groups is 1. The van der Waals surface area contributed by atoms with Crippen LogP contribution in [0.4, 0.5) is 0 Å². The molecule has 0 aromatic heterocycles. The predicted octanol–water partition coefficient (Wildman–Crippen LogP) is 0.101. The molecule has 1 aromatic rings. The van der Waals surface area contributed by atoms with Gasteiger partial charge in [-0.2, -0.15) is 0 Å². The van der Waals surface area contributed by atoms with Gasteiger partial charge in [-0.15, -0.1) is 0 Å². The Balaban J connectivity index is 2.18. The summed E-state index contributed by atoms with van der Waals surface area (Å²) in [6.07, 6.45) is 2.32. The smallest absolute Gasteiger partial charge is 0.266 e. The summed E-state index contributed by atoms with van der Waals surface area (Å²) < 4.78 is 5.41. The minimum Gasteiger partial charge on any atom is -0.550 e. The van der Waals surface area contributed by atoms with Crippen molar-refractivity contribution in [3.8, 4) is 5.75 Å². The molecule has 1 atom stereocenters.